The van der Waals surface area contributed by atoms with Crippen LogP contribution < -0.4 is 5.43 Å². The molecule has 0 unspecified atom stereocenters. The highest BCUT2D eigenvalue weighted by Crippen LogP contribution is 2.16. The summed E-state index contributed by atoms with van der Waals surface area (Å²) in [6.07, 6.45) is 5.40. The van der Waals surface area contributed by atoms with E-state index in [4.69, 9.17) is 11.6 Å². The minimum atomic E-state index is -0.352. The van der Waals surface area contributed by atoms with Crippen molar-refractivity contribution >= 4 is 29.8 Å². The number of hydrogen-bond donors (Lipinski definition) is 1. The highest BCUT2D eigenvalue weighted by Gasteiger charge is 2.08. The normalized spacial score (nSPS) is 12.0. The van der Waals surface area contributed by atoms with Crippen molar-refractivity contribution in [2.24, 2.45) is 5.10 Å². The predicted octanol–water partition coefficient (Wildman–Crippen LogP) is 5.53. The molecule has 0 saturated heterocycles. The summed E-state index contributed by atoms with van der Waals surface area (Å²) in [7, 11) is 0. The Balaban J connectivity index is 1.55. The molecule has 0 spiro atoms. The van der Waals surface area contributed by atoms with Gasteiger partial charge in [-0.15, -0.1) is 0 Å². The Labute approximate surface area is 182 Å². The molecule has 1 heterocycles. The molecular weight excluding hydrogens is 396 g/mol. The molecule has 1 amide bonds. The average molecular weight is 421 g/mol. The lowest BCUT2D eigenvalue weighted by Gasteiger charge is -2.05. The molecule has 5 nitrogen and oxygen atoms in total. The van der Waals surface area contributed by atoms with E-state index >= 15 is 0 Å². The second-order valence-electron chi connectivity index (χ2n) is 7.43. The number of benzene rings is 2. The van der Waals surface area contributed by atoms with Gasteiger partial charge in [-0.05, 0) is 53.3 Å². The topological polar surface area (TPSA) is 59.3 Å². The van der Waals surface area contributed by atoms with Crippen LogP contribution in [0.3, 0.4) is 0 Å². The summed E-state index contributed by atoms with van der Waals surface area (Å²) in [5, 5.41) is 9.02. The first-order valence-electron chi connectivity index (χ1n) is 9.80. The number of amides is 1. The predicted molar refractivity (Wildman–Crippen MR) is 123 cm³/mol. The molecule has 0 aliphatic rings. The summed E-state index contributed by atoms with van der Waals surface area (Å²) in [6.45, 7) is 6.84. The SMILES string of the molecule is CC(C=NNC(=O)c1ccn(Cc2ccc(Cl)cc2)n1)=Cc1ccc(C(C)C)cc1. The molecule has 1 aromatic heterocycles. The quantitative estimate of drug-likeness (QED) is 0.403. The number of carbonyl (C=O) groups is 1. The van der Waals surface area contributed by atoms with Gasteiger partial charge in [0.15, 0.2) is 5.69 Å². The third kappa shape index (κ3) is 6.16. The van der Waals surface area contributed by atoms with E-state index in [0.717, 1.165) is 16.7 Å². The fourth-order valence-electron chi connectivity index (χ4n) is 2.88. The van der Waals surface area contributed by atoms with E-state index < -0.39 is 0 Å². The number of rotatable bonds is 7. The van der Waals surface area contributed by atoms with Crippen LogP contribution in [0.4, 0.5) is 0 Å². The van der Waals surface area contributed by atoms with Crippen LogP contribution >= 0.6 is 11.6 Å². The van der Waals surface area contributed by atoms with Crippen LogP contribution in [0, 0.1) is 0 Å². The Bertz CT molecular complexity index is 1050. The summed E-state index contributed by atoms with van der Waals surface area (Å²) in [6, 6.07) is 17.6. The first-order valence-corrected chi connectivity index (χ1v) is 10.2. The minimum Gasteiger partial charge on any atom is -0.268 e. The molecule has 6 heteroatoms. The Morgan fingerprint density at radius 2 is 1.83 bits per heavy atom. The number of hydrogen-bond acceptors (Lipinski definition) is 3. The fraction of sp³-hybridized carbons (Fsp3) is 0.208. The van der Waals surface area contributed by atoms with Crippen LogP contribution in [0.15, 0.2) is 71.5 Å². The number of allylic oxidation sites excluding steroid dienone is 1. The largest absolute Gasteiger partial charge is 0.291 e. The van der Waals surface area contributed by atoms with E-state index in [9.17, 15) is 4.79 Å². The molecule has 0 saturated carbocycles. The van der Waals surface area contributed by atoms with E-state index in [2.05, 4.69) is 53.7 Å². The van der Waals surface area contributed by atoms with Crippen LogP contribution in [-0.4, -0.2) is 21.9 Å². The maximum absolute atomic E-state index is 12.3. The Morgan fingerprint density at radius 3 is 2.50 bits per heavy atom. The molecule has 3 aromatic rings. The monoisotopic (exact) mass is 420 g/mol. The van der Waals surface area contributed by atoms with Gasteiger partial charge in [0.2, 0.25) is 0 Å². The third-order valence-electron chi connectivity index (χ3n) is 4.56. The van der Waals surface area contributed by atoms with E-state index in [-0.39, 0.29) is 5.91 Å². The van der Waals surface area contributed by atoms with Crippen molar-refractivity contribution in [3.8, 4) is 0 Å². The van der Waals surface area contributed by atoms with Crippen molar-refractivity contribution in [2.75, 3.05) is 0 Å². The smallest absolute Gasteiger partial charge is 0.268 e. The van der Waals surface area contributed by atoms with Gasteiger partial charge in [0.25, 0.3) is 5.91 Å². The zero-order chi connectivity index (χ0) is 21.5. The van der Waals surface area contributed by atoms with Gasteiger partial charge in [-0.25, -0.2) is 5.43 Å². The van der Waals surface area contributed by atoms with Crippen LogP contribution in [0.25, 0.3) is 6.08 Å². The third-order valence-corrected chi connectivity index (χ3v) is 4.81. The van der Waals surface area contributed by atoms with Crippen LogP contribution in [0.1, 0.15) is 53.9 Å². The van der Waals surface area contributed by atoms with Gasteiger partial charge in [-0.2, -0.15) is 10.2 Å². The van der Waals surface area contributed by atoms with Gasteiger partial charge in [0.05, 0.1) is 12.8 Å². The first-order chi connectivity index (χ1) is 14.4. The summed E-state index contributed by atoms with van der Waals surface area (Å²) in [5.41, 5.74) is 7.21. The van der Waals surface area contributed by atoms with Crippen molar-refractivity contribution in [1.29, 1.82) is 0 Å². The molecule has 2 aromatic carbocycles. The number of halogens is 1. The maximum Gasteiger partial charge on any atom is 0.291 e. The van der Waals surface area contributed by atoms with E-state index in [1.807, 2.05) is 37.3 Å². The molecule has 154 valence electrons. The molecule has 30 heavy (non-hydrogen) atoms. The zero-order valence-electron chi connectivity index (χ0n) is 17.3. The van der Waals surface area contributed by atoms with Gasteiger partial charge in [-0.3, -0.25) is 9.48 Å². The van der Waals surface area contributed by atoms with Gasteiger partial charge < -0.3 is 0 Å². The Kier molecular flexibility index (Phi) is 7.20. The van der Waals surface area contributed by atoms with Crippen LogP contribution in [0.2, 0.25) is 5.02 Å². The molecule has 0 radical (unpaired) electrons. The lowest BCUT2D eigenvalue weighted by molar-refractivity contribution is 0.0949. The van der Waals surface area contributed by atoms with Crippen molar-refractivity contribution in [2.45, 2.75) is 33.2 Å². The fourth-order valence-corrected chi connectivity index (χ4v) is 3.00. The Morgan fingerprint density at radius 1 is 1.13 bits per heavy atom. The van der Waals surface area contributed by atoms with E-state index in [1.54, 1.807) is 23.2 Å². The summed E-state index contributed by atoms with van der Waals surface area (Å²) in [4.78, 5) is 12.3. The molecule has 0 fully saturated rings. The highest BCUT2D eigenvalue weighted by molar-refractivity contribution is 6.30. The molecule has 0 aliphatic heterocycles. The number of aromatic nitrogens is 2. The van der Waals surface area contributed by atoms with Crippen molar-refractivity contribution in [3.05, 3.63) is 93.8 Å². The average Bonchev–Trinajstić information content (AvgIpc) is 3.19. The maximum atomic E-state index is 12.3. The van der Waals surface area contributed by atoms with Gasteiger partial charge in [0, 0.05) is 11.2 Å². The van der Waals surface area contributed by atoms with E-state index in [0.29, 0.717) is 23.2 Å². The van der Waals surface area contributed by atoms with Crippen molar-refractivity contribution in [1.82, 2.24) is 15.2 Å². The van der Waals surface area contributed by atoms with Gasteiger partial charge in [0.1, 0.15) is 0 Å². The van der Waals surface area contributed by atoms with Crippen molar-refractivity contribution < 1.29 is 4.79 Å². The lowest BCUT2D eigenvalue weighted by atomic mass is 10.0. The van der Waals surface area contributed by atoms with Crippen LogP contribution in [-0.2, 0) is 6.54 Å². The number of nitrogens with zero attached hydrogens (tertiary/aromatic N) is 3. The summed E-state index contributed by atoms with van der Waals surface area (Å²) < 4.78 is 1.70. The molecule has 0 aliphatic carbocycles. The standard InChI is InChI=1S/C24H25ClN4O/c1-17(2)21-8-4-19(5-9-21)14-18(3)15-26-27-24(30)23-12-13-29(28-23)16-20-6-10-22(25)11-7-20/h4-15,17H,16H2,1-3H3,(H,27,30). The number of nitrogens with one attached hydrogen (secondary N) is 1. The molecule has 1 N–H and O–H groups in total. The number of carbonyl (C=O) groups excluding carboxylic acids is 1. The number of hydrazone groups is 1. The first kappa shape index (κ1) is 21.5. The second kappa shape index (κ2) is 10.0. The molecule has 0 bridgehead atoms. The highest BCUT2D eigenvalue weighted by atomic mass is 35.5. The lowest BCUT2D eigenvalue weighted by Crippen LogP contribution is -2.18. The van der Waals surface area contributed by atoms with Gasteiger partial charge >= 0.3 is 0 Å². The summed E-state index contributed by atoms with van der Waals surface area (Å²) in [5.74, 6) is 0.158. The molecule has 3 rings (SSSR count). The Hall–Kier alpha value is -3.18. The van der Waals surface area contributed by atoms with Crippen molar-refractivity contribution in [3.63, 3.8) is 0 Å². The molecule has 0 atom stereocenters. The molecular formula is C24H25ClN4O. The van der Waals surface area contributed by atoms with E-state index in [1.165, 1.54) is 5.56 Å². The zero-order valence-corrected chi connectivity index (χ0v) is 18.1. The van der Waals surface area contributed by atoms with Gasteiger partial charge in [-0.1, -0.05) is 67.9 Å². The van der Waals surface area contributed by atoms with Crippen LogP contribution in [0.5, 0.6) is 0 Å². The second-order valence-corrected chi connectivity index (χ2v) is 7.87. The summed E-state index contributed by atoms with van der Waals surface area (Å²) >= 11 is 5.90. The minimum absolute atomic E-state index is 0.312.